The summed E-state index contributed by atoms with van der Waals surface area (Å²) in [4.78, 5) is 0. The zero-order chi connectivity index (χ0) is 24.7. The Bertz CT molecular complexity index is 1280. The molecule has 0 amide bonds. The summed E-state index contributed by atoms with van der Waals surface area (Å²) in [5, 5.41) is 20.6. The van der Waals surface area contributed by atoms with Gasteiger partial charge in [0, 0.05) is 0 Å². The maximum atomic E-state index is 10.3. The molecule has 2 aromatic carbocycles. The minimum Gasteiger partial charge on any atom is -1.00 e. The van der Waals surface area contributed by atoms with Crippen LogP contribution in [0.15, 0.2) is 130 Å². The van der Waals surface area contributed by atoms with Crippen molar-refractivity contribution >= 4 is 12.2 Å². The van der Waals surface area contributed by atoms with E-state index in [-0.39, 0.29) is 36.0 Å². The number of rotatable bonds is 7. The number of hydrogen-bond acceptors (Lipinski definition) is 4. The molecule has 3 aliphatic rings. The van der Waals surface area contributed by atoms with Crippen molar-refractivity contribution < 1.29 is 45.0 Å². The van der Waals surface area contributed by atoms with Crippen LogP contribution in [0.4, 0.5) is 0 Å². The van der Waals surface area contributed by atoms with Gasteiger partial charge in [-0.05, 0) is 0 Å². The quantitative estimate of drug-likeness (QED) is 0.402. The summed E-state index contributed by atoms with van der Waals surface area (Å²) < 4.78 is 9.42. The van der Waals surface area contributed by atoms with E-state index >= 15 is 0 Å². The fourth-order valence-corrected chi connectivity index (χ4v) is 9.78. The first-order valence-corrected chi connectivity index (χ1v) is 15.8. The van der Waals surface area contributed by atoms with Crippen molar-refractivity contribution in [2.75, 3.05) is 0 Å². The fraction of sp³-hybridized carbons (Fsp3) is 0.0968. The van der Waals surface area contributed by atoms with E-state index in [0.29, 0.717) is 0 Å². The fourth-order valence-electron chi connectivity index (χ4n) is 4.40. The van der Waals surface area contributed by atoms with Crippen LogP contribution in [-0.2, 0) is 22.3 Å². The number of allylic oxidation sites excluding steroid dienone is 8. The largest absolute Gasteiger partial charge is 1.00 e. The number of hydrogen-bond donors (Lipinski definition) is 4. The summed E-state index contributed by atoms with van der Waals surface area (Å²) >= 11 is -2.55. The molecule has 2 unspecified atom stereocenters. The van der Waals surface area contributed by atoms with E-state index in [0.717, 1.165) is 28.7 Å². The van der Waals surface area contributed by atoms with Crippen LogP contribution >= 0.6 is 0 Å². The second-order valence-electron chi connectivity index (χ2n) is 8.84. The van der Waals surface area contributed by atoms with Crippen LogP contribution < -0.4 is 18.9 Å². The zero-order valence-corrected chi connectivity index (χ0v) is 23.5. The molecule has 6 heteroatoms. The van der Waals surface area contributed by atoms with Crippen molar-refractivity contribution in [1.82, 2.24) is 6.52 Å². The Kier molecular flexibility index (Phi) is 9.54. The first-order valence-electron chi connectivity index (χ1n) is 12.1. The number of nitrogens with one attached hydrogen (secondary N) is 2. The Morgan fingerprint density at radius 1 is 0.703 bits per heavy atom. The van der Waals surface area contributed by atoms with Gasteiger partial charge in [-0.3, -0.25) is 0 Å². The summed E-state index contributed by atoms with van der Waals surface area (Å²) in [7, 11) is 0. The van der Waals surface area contributed by atoms with Gasteiger partial charge in [0.05, 0.1) is 0 Å². The molecule has 4 N–H and O–H groups in total. The third kappa shape index (κ3) is 6.88. The Labute approximate surface area is 233 Å². The molecule has 2 atom stereocenters. The summed E-state index contributed by atoms with van der Waals surface area (Å²) in [6.45, 7) is 0. The van der Waals surface area contributed by atoms with Gasteiger partial charge in [-0.15, -0.1) is 0 Å². The zero-order valence-electron chi connectivity index (χ0n) is 20.3. The van der Waals surface area contributed by atoms with E-state index in [1.807, 2.05) is 48.6 Å². The molecule has 5 rings (SSSR count). The van der Waals surface area contributed by atoms with Gasteiger partial charge in [-0.25, -0.2) is 0 Å². The maximum absolute atomic E-state index is 10.3. The molecule has 0 fully saturated rings. The Morgan fingerprint density at radius 2 is 1.22 bits per heavy atom. The maximum Gasteiger partial charge on any atom is -1.00 e. The molecule has 4 nitrogen and oxygen atoms in total. The molecule has 2 aromatic rings. The average molecular weight is 588 g/mol. The third-order valence-corrected chi connectivity index (χ3v) is 11.8. The second kappa shape index (κ2) is 13.0. The molecule has 0 bridgehead atoms. The van der Waals surface area contributed by atoms with E-state index in [9.17, 15) is 10.2 Å². The molecule has 0 saturated carbocycles. The van der Waals surface area contributed by atoms with Gasteiger partial charge in [0.1, 0.15) is 0 Å². The number of para-hydroxylation sites is 2. The first kappa shape index (κ1) is 27.1. The van der Waals surface area contributed by atoms with Crippen LogP contribution in [0.1, 0.15) is 17.5 Å². The van der Waals surface area contributed by atoms with Gasteiger partial charge in [-0.2, -0.15) is 0 Å². The molecule has 0 radical (unpaired) electrons. The Balaban J connectivity index is 0.00000320. The van der Waals surface area contributed by atoms with Gasteiger partial charge in [-0.1, -0.05) is 0 Å². The van der Waals surface area contributed by atoms with Crippen LogP contribution in [0.3, 0.4) is 0 Å². The van der Waals surface area contributed by atoms with Gasteiger partial charge < -0.3 is 12.4 Å². The molecule has 37 heavy (non-hydrogen) atoms. The Hall–Kier alpha value is -2.95. The molecule has 186 valence electrons. The third-order valence-electron chi connectivity index (χ3n) is 6.33. The van der Waals surface area contributed by atoms with Crippen molar-refractivity contribution in [1.29, 1.82) is 0 Å². The molecular weight excluding hydrogens is 559 g/mol. The minimum atomic E-state index is -2.55. The van der Waals surface area contributed by atoms with E-state index < -0.39 is 22.3 Å². The Morgan fingerprint density at radius 3 is 1.68 bits per heavy atom. The standard InChI is InChI=1S/2C13H12NO.C5H5.ClH.Zr/c2*14-12-7-3-1-5-10(12)9-11-6-2-4-8-13(11)15;1-2-4-5-3-1;;/h2*1-9,12,14-15H;1-3H,4H2;1H;/q2*-1;;;+3/p-1. The number of benzene rings is 2. The SMILES string of the molecule is Oc1ccccc1C=C1C=CC=CC1[NH][Zr+]([NH]C1C=CC=CC1=Cc1ccccc1O)[C]1=CC=CC1.[Cl-]. The van der Waals surface area contributed by atoms with Crippen molar-refractivity contribution in [3.8, 4) is 11.5 Å². The molecule has 0 aliphatic heterocycles. The van der Waals surface area contributed by atoms with Crippen molar-refractivity contribution in [2.24, 2.45) is 0 Å². The van der Waals surface area contributed by atoms with Crippen molar-refractivity contribution in [3.05, 3.63) is 141 Å². The van der Waals surface area contributed by atoms with Crippen LogP contribution in [0, 0.1) is 0 Å². The van der Waals surface area contributed by atoms with Crippen molar-refractivity contribution in [2.45, 2.75) is 18.5 Å². The summed E-state index contributed by atoms with van der Waals surface area (Å²) in [6.07, 6.45) is 28.5. The van der Waals surface area contributed by atoms with Gasteiger partial charge in [0.25, 0.3) is 0 Å². The molecular formula is C31H29ClN2O2Zr. The van der Waals surface area contributed by atoms with Gasteiger partial charge >= 0.3 is 222 Å². The first-order chi connectivity index (χ1) is 17.7. The predicted octanol–water partition coefficient (Wildman–Crippen LogP) is 3.03. The summed E-state index contributed by atoms with van der Waals surface area (Å²) in [6, 6.07) is 15.0. The normalized spacial score (nSPS) is 21.9. The van der Waals surface area contributed by atoms with Gasteiger partial charge in [0.15, 0.2) is 0 Å². The molecule has 0 heterocycles. The predicted molar refractivity (Wildman–Crippen MR) is 144 cm³/mol. The molecule has 0 spiro atoms. The number of phenolic OH excluding ortho intramolecular Hbond substituents is 2. The van der Waals surface area contributed by atoms with Crippen LogP contribution in [0.25, 0.3) is 12.2 Å². The molecule has 3 aliphatic carbocycles. The number of aromatic hydroxyl groups is 2. The second-order valence-corrected chi connectivity index (χ2v) is 13.7. The topological polar surface area (TPSA) is 64.5 Å². The monoisotopic (exact) mass is 586 g/mol. The van der Waals surface area contributed by atoms with Crippen LogP contribution in [0.2, 0.25) is 0 Å². The number of phenols is 2. The summed E-state index contributed by atoms with van der Waals surface area (Å²) in [5.74, 6) is 0.564. The number of halogens is 1. The van der Waals surface area contributed by atoms with E-state index in [4.69, 9.17) is 0 Å². The van der Waals surface area contributed by atoms with Crippen LogP contribution in [0.5, 0.6) is 11.5 Å². The van der Waals surface area contributed by atoms with Gasteiger partial charge in [0.2, 0.25) is 0 Å². The van der Waals surface area contributed by atoms with E-state index in [1.165, 1.54) is 3.28 Å². The van der Waals surface area contributed by atoms with Crippen molar-refractivity contribution in [3.63, 3.8) is 0 Å². The minimum absolute atomic E-state index is 0. The molecule has 0 aromatic heterocycles. The molecule has 0 saturated heterocycles. The summed E-state index contributed by atoms with van der Waals surface area (Å²) in [5.41, 5.74) is 3.86. The van der Waals surface area contributed by atoms with E-state index in [1.54, 1.807) is 12.1 Å². The average Bonchev–Trinajstić information content (AvgIpc) is 3.44. The van der Waals surface area contributed by atoms with Crippen LogP contribution in [-0.4, -0.2) is 22.3 Å². The smallest absolute Gasteiger partial charge is 1.00 e. The van der Waals surface area contributed by atoms with E-state index in [2.05, 4.69) is 73.4 Å².